The molecule has 1 aliphatic carbocycles. The lowest BCUT2D eigenvalue weighted by molar-refractivity contribution is -0.122. The zero-order valence-electron chi connectivity index (χ0n) is 15.6. The van der Waals surface area contributed by atoms with Crippen molar-refractivity contribution in [1.29, 1.82) is 0 Å². The van der Waals surface area contributed by atoms with E-state index in [9.17, 15) is 19.2 Å². The second-order valence-corrected chi connectivity index (χ2v) is 8.12. The van der Waals surface area contributed by atoms with Crippen LogP contribution in [0.5, 0.6) is 0 Å². The minimum absolute atomic E-state index is 0.0376. The van der Waals surface area contributed by atoms with E-state index in [0.717, 1.165) is 30.2 Å². The van der Waals surface area contributed by atoms with Crippen molar-refractivity contribution in [2.75, 3.05) is 13.1 Å². The van der Waals surface area contributed by atoms with Gasteiger partial charge in [-0.3, -0.25) is 24.1 Å². The van der Waals surface area contributed by atoms with Crippen LogP contribution >= 0.6 is 15.9 Å². The maximum atomic E-state index is 12.4. The number of hydrogen-bond donors (Lipinski definition) is 2. The molecule has 0 saturated heterocycles. The second kappa shape index (κ2) is 9.32. The van der Waals surface area contributed by atoms with Crippen LogP contribution in [-0.4, -0.2) is 47.7 Å². The highest BCUT2D eigenvalue weighted by atomic mass is 79.9. The average molecular weight is 450 g/mol. The normalized spacial score (nSPS) is 16.4. The summed E-state index contributed by atoms with van der Waals surface area (Å²) < 4.78 is 0.741. The number of rotatable bonds is 8. The van der Waals surface area contributed by atoms with Gasteiger partial charge in [0, 0.05) is 36.4 Å². The summed E-state index contributed by atoms with van der Waals surface area (Å²) in [6.07, 6.45) is 5.22. The summed E-state index contributed by atoms with van der Waals surface area (Å²) in [7, 11) is 0. The zero-order chi connectivity index (χ0) is 20.1. The number of nitrogens with one attached hydrogen (secondary N) is 2. The predicted molar refractivity (Wildman–Crippen MR) is 107 cm³/mol. The highest BCUT2D eigenvalue weighted by Gasteiger charge is 2.35. The Morgan fingerprint density at radius 1 is 1.04 bits per heavy atom. The first-order valence-electron chi connectivity index (χ1n) is 9.67. The molecule has 2 N–H and O–H groups in total. The quantitative estimate of drug-likeness (QED) is 0.595. The first-order chi connectivity index (χ1) is 13.5. The van der Waals surface area contributed by atoms with E-state index in [1.807, 2.05) is 0 Å². The van der Waals surface area contributed by atoms with Crippen molar-refractivity contribution < 1.29 is 19.2 Å². The number of fused-ring (bicyclic) bond motifs is 1. The molecule has 0 radical (unpaired) electrons. The van der Waals surface area contributed by atoms with Gasteiger partial charge in [-0.1, -0.05) is 28.8 Å². The van der Waals surface area contributed by atoms with Gasteiger partial charge < -0.3 is 10.6 Å². The Hall–Kier alpha value is -2.22. The van der Waals surface area contributed by atoms with Crippen molar-refractivity contribution in [3.05, 3.63) is 33.8 Å². The van der Waals surface area contributed by atoms with Gasteiger partial charge in [0.25, 0.3) is 11.8 Å². The molecule has 8 heteroatoms. The Morgan fingerprint density at radius 2 is 1.75 bits per heavy atom. The summed E-state index contributed by atoms with van der Waals surface area (Å²) in [6.45, 7) is 0.484. The number of hydrogen-bond acceptors (Lipinski definition) is 4. The number of amides is 4. The third-order valence-corrected chi connectivity index (χ3v) is 5.61. The topological polar surface area (TPSA) is 95.6 Å². The van der Waals surface area contributed by atoms with Gasteiger partial charge in [-0.15, -0.1) is 0 Å². The number of imide groups is 1. The monoisotopic (exact) mass is 449 g/mol. The van der Waals surface area contributed by atoms with Crippen LogP contribution in [0.1, 0.15) is 65.7 Å². The molecule has 0 aromatic heterocycles. The number of halogens is 1. The van der Waals surface area contributed by atoms with Gasteiger partial charge in [0.1, 0.15) is 0 Å². The molecule has 1 heterocycles. The standard InChI is InChI=1S/C20H24BrN3O4/c21-13-7-8-15-16(12-13)20(28)24(19(15)27)11-3-6-17(25)22-10-9-18(26)23-14-4-1-2-5-14/h7-8,12,14H,1-6,9-11H2,(H,22,25)(H,23,26). The van der Waals surface area contributed by atoms with Crippen LogP contribution in [0.3, 0.4) is 0 Å². The van der Waals surface area contributed by atoms with Gasteiger partial charge in [0.2, 0.25) is 11.8 Å². The summed E-state index contributed by atoms with van der Waals surface area (Å²) >= 11 is 3.30. The minimum atomic E-state index is -0.328. The van der Waals surface area contributed by atoms with Gasteiger partial charge in [-0.2, -0.15) is 0 Å². The molecule has 1 fully saturated rings. The second-order valence-electron chi connectivity index (χ2n) is 7.20. The minimum Gasteiger partial charge on any atom is -0.356 e. The van der Waals surface area contributed by atoms with E-state index >= 15 is 0 Å². The van der Waals surface area contributed by atoms with Crippen LogP contribution in [0.15, 0.2) is 22.7 Å². The third-order valence-electron chi connectivity index (χ3n) is 5.11. The summed E-state index contributed by atoms with van der Waals surface area (Å²) in [4.78, 5) is 49.6. The lowest BCUT2D eigenvalue weighted by atomic mass is 10.1. The summed E-state index contributed by atoms with van der Waals surface area (Å²) in [5.74, 6) is -0.876. The third kappa shape index (κ3) is 4.98. The number of carbonyl (C=O) groups is 4. The predicted octanol–water partition coefficient (Wildman–Crippen LogP) is 2.39. The van der Waals surface area contributed by atoms with Crippen molar-refractivity contribution >= 4 is 39.6 Å². The molecule has 4 amide bonds. The van der Waals surface area contributed by atoms with E-state index in [0.29, 0.717) is 24.1 Å². The van der Waals surface area contributed by atoms with Crippen molar-refractivity contribution in [3.8, 4) is 0 Å². The molecular formula is C20H24BrN3O4. The molecule has 0 atom stereocenters. The molecule has 1 aromatic rings. The molecule has 7 nitrogen and oxygen atoms in total. The van der Waals surface area contributed by atoms with E-state index in [1.165, 1.54) is 4.90 Å². The highest BCUT2D eigenvalue weighted by Crippen LogP contribution is 2.26. The molecule has 3 rings (SSSR count). The molecule has 150 valence electrons. The zero-order valence-corrected chi connectivity index (χ0v) is 17.2. The largest absolute Gasteiger partial charge is 0.356 e. The summed E-state index contributed by atoms with van der Waals surface area (Å²) in [5, 5.41) is 5.70. The van der Waals surface area contributed by atoms with E-state index in [4.69, 9.17) is 0 Å². The smallest absolute Gasteiger partial charge is 0.261 e. The van der Waals surface area contributed by atoms with E-state index in [1.54, 1.807) is 18.2 Å². The molecule has 1 aromatic carbocycles. The van der Waals surface area contributed by atoms with Gasteiger partial charge in [-0.25, -0.2) is 0 Å². The Labute approximate surface area is 172 Å². The van der Waals surface area contributed by atoms with E-state index in [2.05, 4.69) is 26.6 Å². The van der Waals surface area contributed by atoms with E-state index < -0.39 is 0 Å². The molecular weight excluding hydrogens is 426 g/mol. The highest BCUT2D eigenvalue weighted by molar-refractivity contribution is 9.10. The number of nitrogens with zero attached hydrogens (tertiary/aromatic N) is 1. The Kier molecular flexibility index (Phi) is 6.83. The molecule has 1 aliphatic heterocycles. The van der Waals surface area contributed by atoms with Crippen LogP contribution in [0.2, 0.25) is 0 Å². The van der Waals surface area contributed by atoms with Gasteiger partial charge in [0.05, 0.1) is 11.1 Å². The maximum Gasteiger partial charge on any atom is 0.261 e. The maximum absolute atomic E-state index is 12.4. The molecule has 0 bridgehead atoms. The first-order valence-corrected chi connectivity index (χ1v) is 10.5. The fourth-order valence-electron chi connectivity index (χ4n) is 3.64. The van der Waals surface area contributed by atoms with Gasteiger partial charge >= 0.3 is 0 Å². The fourth-order valence-corrected chi connectivity index (χ4v) is 4.00. The van der Waals surface area contributed by atoms with Crippen LogP contribution in [0.4, 0.5) is 0 Å². The van der Waals surface area contributed by atoms with Crippen molar-refractivity contribution in [2.24, 2.45) is 0 Å². The fraction of sp³-hybridized carbons (Fsp3) is 0.500. The van der Waals surface area contributed by atoms with Crippen LogP contribution in [-0.2, 0) is 9.59 Å². The van der Waals surface area contributed by atoms with Crippen molar-refractivity contribution in [1.82, 2.24) is 15.5 Å². The van der Waals surface area contributed by atoms with Crippen LogP contribution in [0.25, 0.3) is 0 Å². The lowest BCUT2D eigenvalue weighted by Crippen LogP contribution is -2.36. The SMILES string of the molecule is O=C(CCCN1C(=O)c2ccc(Br)cc2C1=O)NCCC(=O)NC1CCCC1. The first kappa shape index (κ1) is 20.5. The Morgan fingerprint density at radius 3 is 2.50 bits per heavy atom. The van der Waals surface area contributed by atoms with Gasteiger partial charge in [0.15, 0.2) is 0 Å². The van der Waals surface area contributed by atoms with Crippen LogP contribution in [0, 0.1) is 0 Å². The molecule has 0 unspecified atom stereocenters. The molecule has 28 heavy (non-hydrogen) atoms. The Balaban J connectivity index is 1.35. The van der Waals surface area contributed by atoms with Crippen molar-refractivity contribution in [2.45, 2.75) is 51.0 Å². The summed E-state index contributed by atoms with van der Waals surface area (Å²) in [6, 6.07) is 5.27. The summed E-state index contributed by atoms with van der Waals surface area (Å²) in [5.41, 5.74) is 0.781. The number of benzene rings is 1. The van der Waals surface area contributed by atoms with Crippen LogP contribution < -0.4 is 10.6 Å². The molecule has 2 aliphatic rings. The average Bonchev–Trinajstić information content (AvgIpc) is 3.24. The molecule has 1 saturated carbocycles. The Bertz CT molecular complexity index is 790. The van der Waals surface area contributed by atoms with Crippen molar-refractivity contribution in [3.63, 3.8) is 0 Å². The number of carbonyl (C=O) groups excluding carboxylic acids is 4. The molecule has 0 spiro atoms. The van der Waals surface area contributed by atoms with Gasteiger partial charge in [-0.05, 0) is 37.5 Å². The lowest BCUT2D eigenvalue weighted by Gasteiger charge is -2.14. The van der Waals surface area contributed by atoms with E-state index in [-0.39, 0.29) is 49.1 Å².